The van der Waals surface area contributed by atoms with Crippen LogP contribution in [0.25, 0.3) is 44.8 Å². The molecule has 2 N–H and O–H groups in total. The van der Waals surface area contributed by atoms with E-state index in [9.17, 15) is 10.2 Å². The molecule has 6 heteroatoms. The highest BCUT2D eigenvalue weighted by molar-refractivity contribution is 5.93. The predicted molar refractivity (Wildman–Crippen MR) is 127 cm³/mol. The molecule has 34 heavy (non-hydrogen) atoms. The summed E-state index contributed by atoms with van der Waals surface area (Å²) < 4.78 is 30.2. The summed E-state index contributed by atoms with van der Waals surface area (Å²) in [4.78, 5) is 8.58. The van der Waals surface area contributed by atoms with Crippen LogP contribution in [0.15, 0.2) is 97.3 Å². The van der Waals surface area contributed by atoms with Gasteiger partial charge in [0.2, 0.25) is 0 Å². The van der Waals surface area contributed by atoms with Crippen molar-refractivity contribution in [2.75, 3.05) is 0 Å². The van der Waals surface area contributed by atoms with Gasteiger partial charge in [0.1, 0.15) is 23.1 Å². The molecule has 4 nitrogen and oxygen atoms in total. The number of hydrogen-bond donors (Lipinski definition) is 2. The Labute approximate surface area is 194 Å². The van der Waals surface area contributed by atoms with E-state index in [2.05, 4.69) is 9.97 Å². The molecule has 2 aromatic heterocycles. The van der Waals surface area contributed by atoms with Crippen LogP contribution in [-0.4, -0.2) is 20.2 Å². The smallest absolute Gasteiger partial charge is 0.131 e. The number of aromatic nitrogens is 2. The molecule has 0 aliphatic rings. The Morgan fingerprint density at radius 2 is 0.971 bits per heavy atom. The Bertz CT molecular complexity index is 1380. The van der Waals surface area contributed by atoms with Gasteiger partial charge in [-0.1, -0.05) is 12.1 Å². The highest BCUT2D eigenvalue weighted by atomic mass is 19.1. The van der Waals surface area contributed by atoms with Gasteiger partial charge < -0.3 is 10.2 Å². The number of pyridine rings is 2. The van der Waals surface area contributed by atoms with E-state index in [0.717, 1.165) is 0 Å². The Morgan fingerprint density at radius 3 is 1.35 bits per heavy atom. The van der Waals surface area contributed by atoms with Gasteiger partial charge >= 0.3 is 0 Å². The fourth-order valence-corrected chi connectivity index (χ4v) is 3.95. The molecule has 5 aromatic rings. The molecule has 0 bridgehead atoms. The Morgan fingerprint density at radius 1 is 0.529 bits per heavy atom. The number of halogens is 2. The van der Waals surface area contributed by atoms with Crippen molar-refractivity contribution in [1.29, 1.82) is 0 Å². The quantitative estimate of drug-likeness (QED) is 0.293. The molecular weight excluding hydrogens is 434 g/mol. The van der Waals surface area contributed by atoms with Gasteiger partial charge in [-0.3, -0.25) is 9.97 Å². The zero-order valence-electron chi connectivity index (χ0n) is 17.8. The van der Waals surface area contributed by atoms with Gasteiger partial charge in [0, 0.05) is 45.8 Å². The standard InChI is InChI=1S/C28H18F2N2O2/c29-21-9-7-17(23-5-1-3-13-31-23)15-19(21)27-25(33)11-12-26(34)28(27)20-16-18(8-10-22(20)30)24-6-2-4-14-32-24/h1-16,33-34H. The van der Waals surface area contributed by atoms with E-state index in [1.54, 1.807) is 60.9 Å². The van der Waals surface area contributed by atoms with E-state index in [1.165, 1.54) is 36.4 Å². The van der Waals surface area contributed by atoms with Crippen molar-refractivity contribution in [1.82, 2.24) is 9.97 Å². The summed E-state index contributed by atoms with van der Waals surface area (Å²) in [7, 11) is 0. The molecule has 2 heterocycles. The number of hydrogen-bond acceptors (Lipinski definition) is 4. The van der Waals surface area contributed by atoms with Crippen molar-refractivity contribution in [2.24, 2.45) is 0 Å². The van der Waals surface area contributed by atoms with Crippen LogP contribution in [0.4, 0.5) is 8.78 Å². The van der Waals surface area contributed by atoms with Crippen molar-refractivity contribution >= 4 is 0 Å². The first-order chi connectivity index (χ1) is 16.5. The minimum atomic E-state index is -0.636. The van der Waals surface area contributed by atoms with Crippen LogP contribution in [-0.2, 0) is 0 Å². The first-order valence-electron chi connectivity index (χ1n) is 10.5. The van der Waals surface area contributed by atoms with Crippen LogP contribution in [0.3, 0.4) is 0 Å². The van der Waals surface area contributed by atoms with Gasteiger partial charge in [0.25, 0.3) is 0 Å². The lowest BCUT2D eigenvalue weighted by molar-refractivity contribution is 0.462. The number of nitrogens with zero attached hydrogens (tertiary/aromatic N) is 2. The molecule has 0 aliphatic carbocycles. The maximum Gasteiger partial charge on any atom is 0.131 e. The largest absolute Gasteiger partial charge is 0.507 e. The Hall–Kier alpha value is -4.58. The average molecular weight is 452 g/mol. The molecular formula is C28H18F2N2O2. The Kier molecular flexibility index (Phi) is 5.47. The first kappa shape index (κ1) is 21.3. The van der Waals surface area contributed by atoms with Crippen LogP contribution in [0.1, 0.15) is 0 Å². The number of aromatic hydroxyl groups is 2. The summed E-state index contributed by atoms with van der Waals surface area (Å²) in [5.41, 5.74) is 2.39. The van der Waals surface area contributed by atoms with E-state index in [-0.39, 0.29) is 33.8 Å². The van der Waals surface area contributed by atoms with Crippen molar-refractivity contribution in [3.05, 3.63) is 109 Å². The van der Waals surface area contributed by atoms with Gasteiger partial charge in [-0.15, -0.1) is 0 Å². The lowest BCUT2D eigenvalue weighted by atomic mass is 9.90. The molecule has 0 unspecified atom stereocenters. The second kappa shape index (κ2) is 8.75. The fraction of sp³-hybridized carbons (Fsp3) is 0. The first-order valence-corrected chi connectivity index (χ1v) is 10.5. The molecule has 5 rings (SSSR count). The lowest BCUT2D eigenvalue weighted by Gasteiger charge is -2.17. The van der Waals surface area contributed by atoms with Gasteiger partial charge in [0.05, 0.1) is 11.4 Å². The number of rotatable bonds is 4. The second-order valence-corrected chi connectivity index (χ2v) is 7.67. The van der Waals surface area contributed by atoms with Crippen LogP contribution in [0.5, 0.6) is 11.5 Å². The molecule has 0 saturated heterocycles. The number of benzene rings is 3. The number of phenols is 2. The van der Waals surface area contributed by atoms with Crippen LogP contribution in [0, 0.1) is 11.6 Å². The molecule has 0 fully saturated rings. The summed E-state index contributed by atoms with van der Waals surface area (Å²) in [5.74, 6) is -1.87. The zero-order valence-corrected chi connectivity index (χ0v) is 17.8. The van der Waals surface area contributed by atoms with Crippen molar-refractivity contribution < 1.29 is 19.0 Å². The molecule has 0 atom stereocenters. The molecule has 0 saturated carbocycles. The summed E-state index contributed by atoms with van der Waals surface area (Å²) in [6.07, 6.45) is 3.24. The van der Waals surface area contributed by atoms with Gasteiger partial charge in [-0.2, -0.15) is 0 Å². The summed E-state index contributed by atoms with van der Waals surface area (Å²) in [6, 6.07) is 21.9. The van der Waals surface area contributed by atoms with E-state index in [4.69, 9.17) is 0 Å². The molecule has 0 aliphatic heterocycles. The third kappa shape index (κ3) is 3.86. The molecule has 0 amide bonds. The third-order valence-electron chi connectivity index (χ3n) is 5.55. The van der Waals surface area contributed by atoms with Gasteiger partial charge in [0.15, 0.2) is 0 Å². The minimum Gasteiger partial charge on any atom is -0.507 e. The molecule has 0 spiro atoms. The van der Waals surface area contributed by atoms with Crippen LogP contribution >= 0.6 is 0 Å². The summed E-state index contributed by atoms with van der Waals surface area (Å²) in [6.45, 7) is 0. The van der Waals surface area contributed by atoms with Crippen molar-refractivity contribution in [3.8, 4) is 56.3 Å². The monoisotopic (exact) mass is 452 g/mol. The van der Waals surface area contributed by atoms with Gasteiger partial charge in [-0.05, 0) is 72.8 Å². The predicted octanol–water partition coefficient (Wildman–Crippen LogP) is 6.83. The summed E-state index contributed by atoms with van der Waals surface area (Å²) in [5, 5.41) is 21.5. The van der Waals surface area contributed by atoms with E-state index in [1.807, 2.05) is 0 Å². The van der Waals surface area contributed by atoms with Crippen LogP contribution < -0.4 is 0 Å². The third-order valence-corrected chi connectivity index (χ3v) is 5.55. The maximum atomic E-state index is 15.1. The van der Waals surface area contributed by atoms with E-state index < -0.39 is 11.6 Å². The molecule has 0 radical (unpaired) electrons. The highest BCUT2D eigenvalue weighted by Crippen LogP contribution is 2.46. The fourth-order valence-electron chi connectivity index (χ4n) is 3.95. The van der Waals surface area contributed by atoms with E-state index in [0.29, 0.717) is 22.5 Å². The average Bonchev–Trinajstić information content (AvgIpc) is 2.87. The second-order valence-electron chi connectivity index (χ2n) is 7.67. The van der Waals surface area contributed by atoms with Gasteiger partial charge in [-0.25, -0.2) is 8.78 Å². The Balaban J connectivity index is 1.76. The topological polar surface area (TPSA) is 66.2 Å². The number of phenolic OH excluding ortho intramolecular Hbond substituents is 2. The van der Waals surface area contributed by atoms with Crippen LogP contribution in [0.2, 0.25) is 0 Å². The SMILES string of the molecule is Oc1ccc(O)c(-c2cc(-c3ccccn3)ccc2F)c1-c1cc(-c2ccccn2)ccc1F. The zero-order chi connectivity index (χ0) is 23.7. The van der Waals surface area contributed by atoms with Crippen molar-refractivity contribution in [3.63, 3.8) is 0 Å². The highest BCUT2D eigenvalue weighted by Gasteiger charge is 2.23. The maximum absolute atomic E-state index is 15.1. The molecule has 3 aromatic carbocycles. The summed E-state index contributed by atoms with van der Waals surface area (Å²) >= 11 is 0. The normalized spacial score (nSPS) is 10.9. The minimum absolute atomic E-state index is 0.00851. The van der Waals surface area contributed by atoms with E-state index >= 15 is 8.78 Å². The van der Waals surface area contributed by atoms with Crippen molar-refractivity contribution in [2.45, 2.75) is 0 Å². The lowest BCUT2D eigenvalue weighted by Crippen LogP contribution is -1.95. The molecule has 166 valence electrons.